The van der Waals surface area contributed by atoms with Gasteiger partial charge in [0.25, 0.3) is 0 Å². The second-order valence-electron chi connectivity index (χ2n) is 3.38. The Morgan fingerprint density at radius 3 is 2.38 bits per heavy atom. The molecule has 2 amide bonds. The smallest absolute Gasteiger partial charge is 0.332 e. The van der Waals surface area contributed by atoms with Crippen LogP contribution < -0.4 is 11.2 Å². The molecule has 0 bridgehead atoms. The van der Waals surface area contributed by atoms with Gasteiger partial charge in [-0.25, -0.2) is 10.2 Å². The van der Waals surface area contributed by atoms with E-state index in [1.807, 2.05) is 13.8 Å². The molecule has 6 heteroatoms. The predicted molar refractivity (Wildman–Crippen MR) is 49.3 cm³/mol. The van der Waals surface area contributed by atoms with Crippen LogP contribution in [0.25, 0.3) is 0 Å². The van der Waals surface area contributed by atoms with Gasteiger partial charge in [-0.05, 0) is 19.3 Å². The molecule has 0 aromatic rings. The van der Waals surface area contributed by atoms with Gasteiger partial charge in [-0.3, -0.25) is 0 Å². The summed E-state index contributed by atoms with van der Waals surface area (Å²) in [6, 6.07) is -0.930. The average Bonchev–Trinajstić information content (AvgIpc) is 1.98. The van der Waals surface area contributed by atoms with Crippen molar-refractivity contribution in [2.45, 2.75) is 33.2 Å². The standard InChI is InChI=1S/C7H16N4O2/c1-5(2)4-6(3)11(10-13)9-7(8)12/h5-6H,4H2,1-3H3,(H3,8,9,12). The molecule has 0 fully saturated rings. The van der Waals surface area contributed by atoms with Crippen molar-refractivity contribution in [3.05, 3.63) is 4.91 Å². The number of carbonyl (C=O) groups is 1. The van der Waals surface area contributed by atoms with E-state index >= 15 is 0 Å². The number of hydrogen-bond donors (Lipinski definition) is 2. The van der Waals surface area contributed by atoms with Gasteiger partial charge < -0.3 is 5.73 Å². The van der Waals surface area contributed by atoms with Gasteiger partial charge in [-0.15, -0.1) is 4.91 Å². The van der Waals surface area contributed by atoms with Crippen molar-refractivity contribution in [2.24, 2.45) is 16.9 Å². The van der Waals surface area contributed by atoms with E-state index in [4.69, 9.17) is 5.73 Å². The first-order valence-corrected chi connectivity index (χ1v) is 4.16. The maximum atomic E-state index is 10.4. The second-order valence-corrected chi connectivity index (χ2v) is 3.38. The number of urea groups is 1. The van der Waals surface area contributed by atoms with Crippen molar-refractivity contribution < 1.29 is 4.79 Å². The third-order valence-electron chi connectivity index (χ3n) is 1.54. The summed E-state index contributed by atoms with van der Waals surface area (Å²) in [5, 5.41) is 3.59. The van der Waals surface area contributed by atoms with E-state index in [1.54, 1.807) is 6.92 Å². The Labute approximate surface area is 77.4 Å². The van der Waals surface area contributed by atoms with Crippen LogP contribution in [-0.2, 0) is 0 Å². The van der Waals surface area contributed by atoms with Crippen molar-refractivity contribution in [3.63, 3.8) is 0 Å². The van der Waals surface area contributed by atoms with Gasteiger partial charge in [0, 0.05) is 0 Å². The van der Waals surface area contributed by atoms with Crippen molar-refractivity contribution in [3.8, 4) is 0 Å². The minimum Gasteiger partial charge on any atom is -0.350 e. The summed E-state index contributed by atoms with van der Waals surface area (Å²) in [4.78, 5) is 20.7. The van der Waals surface area contributed by atoms with Crippen LogP contribution >= 0.6 is 0 Å². The molecule has 6 nitrogen and oxygen atoms in total. The van der Waals surface area contributed by atoms with Crippen molar-refractivity contribution in [1.29, 1.82) is 0 Å². The Morgan fingerprint density at radius 1 is 1.54 bits per heavy atom. The maximum absolute atomic E-state index is 10.4. The number of hydrogen-bond acceptors (Lipinski definition) is 3. The molecule has 1 atom stereocenters. The molecule has 0 aromatic carbocycles. The van der Waals surface area contributed by atoms with Crippen LogP contribution in [0, 0.1) is 10.8 Å². The van der Waals surface area contributed by atoms with Crippen LogP contribution in [-0.4, -0.2) is 17.2 Å². The molecule has 13 heavy (non-hydrogen) atoms. The average molecular weight is 188 g/mol. The molecule has 0 heterocycles. The number of hydrazine groups is 1. The van der Waals surface area contributed by atoms with Crippen molar-refractivity contribution in [1.82, 2.24) is 10.5 Å². The Balaban J connectivity index is 4.06. The quantitative estimate of drug-likeness (QED) is 0.498. The third kappa shape index (κ3) is 5.00. The Morgan fingerprint density at radius 2 is 2.08 bits per heavy atom. The number of amides is 2. The summed E-state index contributed by atoms with van der Waals surface area (Å²) in [6.45, 7) is 5.82. The Kier molecular flexibility index (Phi) is 4.79. The van der Waals surface area contributed by atoms with E-state index < -0.39 is 6.03 Å². The monoisotopic (exact) mass is 188 g/mol. The number of nitrogens with zero attached hydrogens (tertiary/aromatic N) is 2. The minimum absolute atomic E-state index is 0.148. The largest absolute Gasteiger partial charge is 0.350 e. The fraction of sp³-hybridized carbons (Fsp3) is 0.857. The number of rotatable bonds is 5. The van der Waals surface area contributed by atoms with E-state index in [9.17, 15) is 9.70 Å². The number of nitrogens with one attached hydrogen (secondary N) is 1. The molecular formula is C7H16N4O2. The Bertz CT molecular complexity index is 183. The molecule has 0 aliphatic rings. The van der Waals surface area contributed by atoms with E-state index in [0.29, 0.717) is 5.92 Å². The van der Waals surface area contributed by atoms with E-state index in [-0.39, 0.29) is 6.04 Å². The molecule has 0 aliphatic heterocycles. The van der Waals surface area contributed by atoms with E-state index in [1.165, 1.54) is 0 Å². The van der Waals surface area contributed by atoms with Gasteiger partial charge >= 0.3 is 6.03 Å². The highest BCUT2D eigenvalue weighted by Crippen LogP contribution is 2.09. The molecule has 0 rings (SSSR count). The SMILES string of the molecule is CC(C)CC(C)N(N=O)NC(N)=O. The van der Waals surface area contributed by atoms with Crippen LogP contribution in [0.1, 0.15) is 27.2 Å². The van der Waals surface area contributed by atoms with Crippen LogP contribution in [0.2, 0.25) is 0 Å². The number of primary amides is 1. The summed E-state index contributed by atoms with van der Waals surface area (Å²) in [5.74, 6) is 0.425. The lowest BCUT2D eigenvalue weighted by Gasteiger charge is -2.23. The molecule has 0 aromatic heterocycles. The van der Waals surface area contributed by atoms with Gasteiger partial charge in [0.2, 0.25) is 0 Å². The maximum Gasteiger partial charge on any atom is 0.332 e. The highest BCUT2D eigenvalue weighted by atomic mass is 16.3. The first kappa shape index (κ1) is 11.7. The minimum atomic E-state index is -0.782. The van der Waals surface area contributed by atoms with Crippen LogP contribution in [0.3, 0.4) is 0 Å². The zero-order valence-corrected chi connectivity index (χ0v) is 8.15. The molecule has 0 aliphatic carbocycles. The van der Waals surface area contributed by atoms with E-state index in [0.717, 1.165) is 11.5 Å². The summed E-state index contributed by atoms with van der Waals surface area (Å²) in [5.41, 5.74) is 6.97. The molecule has 76 valence electrons. The number of nitrogens with two attached hydrogens (primary N) is 1. The predicted octanol–water partition coefficient (Wildman–Crippen LogP) is 0.988. The third-order valence-corrected chi connectivity index (χ3v) is 1.54. The van der Waals surface area contributed by atoms with Gasteiger partial charge in [-0.2, -0.15) is 5.12 Å². The van der Waals surface area contributed by atoms with Crippen molar-refractivity contribution >= 4 is 6.03 Å². The summed E-state index contributed by atoms with van der Waals surface area (Å²) in [7, 11) is 0. The first-order valence-electron chi connectivity index (χ1n) is 4.16. The zero-order valence-electron chi connectivity index (χ0n) is 8.15. The summed E-state index contributed by atoms with van der Waals surface area (Å²) >= 11 is 0. The zero-order chi connectivity index (χ0) is 10.4. The molecule has 0 spiro atoms. The van der Waals surface area contributed by atoms with Crippen LogP contribution in [0.4, 0.5) is 4.79 Å². The highest BCUT2D eigenvalue weighted by molar-refractivity contribution is 5.70. The van der Waals surface area contributed by atoms with Gasteiger partial charge in [0.1, 0.15) is 0 Å². The van der Waals surface area contributed by atoms with Gasteiger partial charge in [0.05, 0.1) is 11.3 Å². The summed E-state index contributed by atoms with van der Waals surface area (Å²) in [6.07, 6.45) is 0.756. The lowest BCUT2D eigenvalue weighted by molar-refractivity contribution is 0.132. The van der Waals surface area contributed by atoms with Crippen LogP contribution in [0.15, 0.2) is 5.29 Å². The van der Waals surface area contributed by atoms with Crippen LogP contribution in [0.5, 0.6) is 0 Å². The Hall–Kier alpha value is -1.33. The van der Waals surface area contributed by atoms with Crippen molar-refractivity contribution in [2.75, 3.05) is 0 Å². The van der Waals surface area contributed by atoms with E-state index in [2.05, 4.69) is 10.7 Å². The molecule has 3 N–H and O–H groups in total. The number of carbonyl (C=O) groups excluding carboxylic acids is 1. The molecule has 0 radical (unpaired) electrons. The highest BCUT2D eigenvalue weighted by Gasteiger charge is 2.15. The summed E-state index contributed by atoms with van der Waals surface area (Å²) < 4.78 is 0. The molecular weight excluding hydrogens is 172 g/mol. The normalized spacial score (nSPS) is 12.3. The fourth-order valence-corrected chi connectivity index (χ4v) is 1.11. The fourth-order valence-electron chi connectivity index (χ4n) is 1.11. The van der Waals surface area contributed by atoms with Gasteiger partial charge in [0.15, 0.2) is 0 Å². The molecule has 0 saturated carbocycles. The second kappa shape index (κ2) is 5.34. The molecule has 0 saturated heterocycles. The lowest BCUT2D eigenvalue weighted by atomic mass is 10.1. The topological polar surface area (TPSA) is 87.8 Å². The lowest BCUT2D eigenvalue weighted by Crippen LogP contribution is -2.46. The number of nitroso groups, excluding NO2 is 1. The molecule has 1 unspecified atom stereocenters. The van der Waals surface area contributed by atoms with Gasteiger partial charge in [-0.1, -0.05) is 13.8 Å². The first-order chi connectivity index (χ1) is 5.97.